The van der Waals surface area contributed by atoms with Crippen molar-refractivity contribution in [3.63, 3.8) is 0 Å². The molecule has 2 aromatic carbocycles. The van der Waals surface area contributed by atoms with Gasteiger partial charge in [0, 0.05) is 5.92 Å². The van der Waals surface area contributed by atoms with E-state index in [1.165, 1.54) is 41.5 Å². The first kappa shape index (κ1) is 24.4. The number of hydrogen-bond acceptors (Lipinski definition) is 0. The van der Waals surface area contributed by atoms with E-state index in [2.05, 4.69) is 80.6 Å². The summed E-state index contributed by atoms with van der Waals surface area (Å²) in [5.41, 5.74) is 7.71. The molecule has 0 nitrogen and oxygen atoms in total. The Balaban J connectivity index is 0.00000121. The van der Waals surface area contributed by atoms with Crippen LogP contribution in [-0.2, 0) is 26.2 Å². The van der Waals surface area contributed by atoms with Gasteiger partial charge in [0.2, 0.25) is 0 Å². The largest absolute Gasteiger partial charge is 2.00 e. The van der Waals surface area contributed by atoms with E-state index >= 15 is 0 Å². The summed E-state index contributed by atoms with van der Waals surface area (Å²) in [5, 5.41) is 0. The number of allylic oxidation sites excluding steroid dienone is 4. The molecule has 2 aliphatic rings. The van der Waals surface area contributed by atoms with Gasteiger partial charge >= 0.3 is 26.2 Å². The van der Waals surface area contributed by atoms with Crippen LogP contribution >= 0.6 is 0 Å². The molecule has 0 spiro atoms. The molecule has 0 saturated heterocycles. The van der Waals surface area contributed by atoms with Crippen molar-refractivity contribution < 1.29 is 51.0 Å². The standard InChI is InChI=1S/C24H26.2ClH.Zr/c1-3-4-17-24(2,18-11-5-6-12-18)23-21-15-9-7-13-19(21)20-14-8-10-16-22(20)23;;;/h5-11,13-16,23H,3-4,12,17H2,1-2H3;2*1H;/q;;;+2/p-2. The zero-order chi connectivity index (χ0) is 16.6. The number of halogens is 2. The third kappa shape index (κ3) is 4.21. The van der Waals surface area contributed by atoms with Crippen molar-refractivity contribution in [1.29, 1.82) is 0 Å². The summed E-state index contributed by atoms with van der Waals surface area (Å²) in [4.78, 5) is 0. The van der Waals surface area contributed by atoms with Crippen molar-refractivity contribution in [2.24, 2.45) is 5.41 Å². The molecule has 0 N–H and O–H groups in total. The topological polar surface area (TPSA) is 0 Å². The molecule has 0 bridgehead atoms. The minimum atomic E-state index is 0. The number of hydrogen-bond donors (Lipinski definition) is 0. The van der Waals surface area contributed by atoms with Gasteiger partial charge in [-0.1, -0.05) is 99.0 Å². The van der Waals surface area contributed by atoms with Crippen molar-refractivity contribution in [3.8, 4) is 11.1 Å². The maximum atomic E-state index is 2.50. The average molecular weight is 477 g/mol. The molecule has 0 amide bonds. The molecule has 2 aliphatic carbocycles. The number of unbranched alkanes of at least 4 members (excludes halogenated alkanes) is 1. The third-order valence-corrected chi connectivity index (χ3v) is 6.03. The smallest absolute Gasteiger partial charge is 1.00 e. The van der Waals surface area contributed by atoms with Gasteiger partial charge in [-0.3, -0.25) is 0 Å². The van der Waals surface area contributed by atoms with Crippen molar-refractivity contribution in [1.82, 2.24) is 0 Å². The summed E-state index contributed by atoms with van der Waals surface area (Å²) in [7, 11) is 0. The van der Waals surface area contributed by atoms with Crippen molar-refractivity contribution in [2.45, 2.75) is 45.4 Å². The Morgan fingerprint density at radius 2 is 1.48 bits per heavy atom. The fourth-order valence-electron chi connectivity index (χ4n) is 4.75. The van der Waals surface area contributed by atoms with E-state index in [-0.39, 0.29) is 56.4 Å². The van der Waals surface area contributed by atoms with Crippen LogP contribution in [-0.4, -0.2) is 0 Å². The molecular weight excluding hydrogens is 450 g/mol. The molecule has 0 aliphatic heterocycles. The normalized spacial score (nSPS) is 16.1. The Bertz CT molecular complexity index is 779. The fraction of sp³-hybridized carbons (Fsp3) is 0.333. The van der Waals surface area contributed by atoms with E-state index in [1.807, 2.05) is 0 Å². The molecule has 140 valence electrons. The van der Waals surface area contributed by atoms with Crippen LogP contribution in [0.4, 0.5) is 0 Å². The Labute approximate surface area is 195 Å². The molecule has 1 atom stereocenters. The van der Waals surface area contributed by atoms with E-state index in [4.69, 9.17) is 0 Å². The Hall–Kier alpha value is -0.617. The second-order valence-electron chi connectivity index (χ2n) is 7.45. The summed E-state index contributed by atoms with van der Waals surface area (Å²) in [6, 6.07) is 18.1. The maximum absolute atomic E-state index is 2.50. The first-order chi connectivity index (χ1) is 11.8. The molecular formula is C24H26Cl2Zr. The summed E-state index contributed by atoms with van der Waals surface area (Å²) in [5.74, 6) is 0.475. The third-order valence-electron chi connectivity index (χ3n) is 6.03. The predicted molar refractivity (Wildman–Crippen MR) is 103 cm³/mol. The molecule has 0 fully saturated rings. The summed E-state index contributed by atoms with van der Waals surface area (Å²) < 4.78 is 0. The predicted octanol–water partition coefficient (Wildman–Crippen LogP) is 0.887. The van der Waals surface area contributed by atoms with Gasteiger partial charge in [-0.15, -0.1) is 0 Å². The Morgan fingerprint density at radius 3 is 1.96 bits per heavy atom. The van der Waals surface area contributed by atoms with E-state index in [0.717, 1.165) is 6.42 Å². The van der Waals surface area contributed by atoms with E-state index < -0.39 is 0 Å². The molecule has 0 saturated carbocycles. The summed E-state index contributed by atoms with van der Waals surface area (Å²) in [6.45, 7) is 4.81. The van der Waals surface area contributed by atoms with Gasteiger partial charge in [0.15, 0.2) is 0 Å². The summed E-state index contributed by atoms with van der Waals surface area (Å²) in [6.07, 6.45) is 11.8. The van der Waals surface area contributed by atoms with Crippen LogP contribution in [0, 0.1) is 5.41 Å². The van der Waals surface area contributed by atoms with Crippen molar-refractivity contribution in [2.75, 3.05) is 0 Å². The first-order valence-electron chi connectivity index (χ1n) is 9.30. The van der Waals surface area contributed by atoms with Gasteiger partial charge in [0.05, 0.1) is 0 Å². The quantitative estimate of drug-likeness (QED) is 0.602. The van der Waals surface area contributed by atoms with Crippen LogP contribution in [0.3, 0.4) is 0 Å². The minimum Gasteiger partial charge on any atom is -1.00 e. The van der Waals surface area contributed by atoms with Crippen LogP contribution in [0.5, 0.6) is 0 Å². The summed E-state index contributed by atoms with van der Waals surface area (Å²) >= 11 is 0. The molecule has 0 heterocycles. The second-order valence-corrected chi connectivity index (χ2v) is 7.45. The molecule has 4 rings (SSSR count). The van der Waals surface area contributed by atoms with Crippen LogP contribution < -0.4 is 24.8 Å². The minimum absolute atomic E-state index is 0. The van der Waals surface area contributed by atoms with Crippen molar-refractivity contribution in [3.05, 3.63) is 83.5 Å². The van der Waals surface area contributed by atoms with Crippen molar-refractivity contribution >= 4 is 0 Å². The van der Waals surface area contributed by atoms with E-state index in [9.17, 15) is 0 Å². The molecule has 0 radical (unpaired) electrons. The van der Waals surface area contributed by atoms with Crippen LogP contribution in [0.15, 0.2) is 72.3 Å². The molecule has 27 heavy (non-hydrogen) atoms. The van der Waals surface area contributed by atoms with Crippen LogP contribution in [0.1, 0.15) is 56.6 Å². The van der Waals surface area contributed by atoms with E-state index in [1.54, 1.807) is 5.57 Å². The van der Waals surface area contributed by atoms with Crippen LogP contribution in [0.25, 0.3) is 11.1 Å². The first-order valence-corrected chi connectivity index (χ1v) is 9.30. The van der Waals surface area contributed by atoms with Gasteiger partial charge in [-0.25, -0.2) is 0 Å². The zero-order valence-electron chi connectivity index (χ0n) is 16.0. The SMILES string of the molecule is CCCCC(C)(C1=CC=CC1)C1c2ccccc2-c2ccccc21.[Cl-].[Cl-].[Zr+2]. The fourth-order valence-corrected chi connectivity index (χ4v) is 4.75. The zero-order valence-corrected chi connectivity index (χ0v) is 20.0. The average Bonchev–Trinajstić information content (AvgIpc) is 3.26. The molecule has 3 heteroatoms. The van der Waals surface area contributed by atoms with Gasteiger partial charge in [0.25, 0.3) is 0 Å². The number of benzene rings is 2. The monoisotopic (exact) mass is 474 g/mol. The van der Waals surface area contributed by atoms with E-state index in [0.29, 0.717) is 5.92 Å². The number of fused-ring (bicyclic) bond motifs is 3. The van der Waals surface area contributed by atoms with Gasteiger partial charge in [-0.05, 0) is 40.5 Å². The van der Waals surface area contributed by atoms with Gasteiger partial charge in [-0.2, -0.15) is 0 Å². The molecule has 1 unspecified atom stereocenters. The maximum Gasteiger partial charge on any atom is 2.00 e. The van der Waals surface area contributed by atoms with Gasteiger partial charge in [0.1, 0.15) is 0 Å². The Morgan fingerprint density at radius 1 is 0.926 bits per heavy atom. The van der Waals surface area contributed by atoms with Crippen LogP contribution in [0.2, 0.25) is 0 Å². The number of rotatable bonds is 5. The Kier molecular flexibility index (Phi) is 9.26. The van der Waals surface area contributed by atoms with Gasteiger partial charge < -0.3 is 24.8 Å². The molecule has 0 aromatic heterocycles. The molecule has 2 aromatic rings. The second kappa shape index (κ2) is 10.2.